The quantitative estimate of drug-likeness (QED) is 0.492. The highest BCUT2D eigenvalue weighted by Gasteiger charge is 2.05. The third-order valence-electron chi connectivity index (χ3n) is 2.13. The van der Waals surface area contributed by atoms with Crippen molar-refractivity contribution in [3.05, 3.63) is 0 Å². The molecular formula is C11H22ClNO2. The highest BCUT2D eigenvalue weighted by molar-refractivity contribution is 6.20. The number of hydrogen-bond acceptors (Lipinski definition) is 2. The summed E-state index contributed by atoms with van der Waals surface area (Å²) < 4.78 is 4.90. The summed E-state index contributed by atoms with van der Waals surface area (Å²) in [6.07, 6.45) is 4.63. The van der Waals surface area contributed by atoms with E-state index in [9.17, 15) is 4.79 Å². The number of rotatable bonds is 9. The predicted molar refractivity (Wildman–Crippen MR) is 63.3 cm³/mol. The van der Waals surface area contributed by atoms with E-state index in [-0.39, 0.29) is 11.3 Å². The van der Waals surface area contributed by atoms with Crippen molar-refractivity contribution in [3.8, 4) is 0 Å². The van der Waals surface area contributed by atoms with Crippen LogP contribution in [0.3, 0.4) is 0 Å². The summed E-state index contributed by atoms with van der Waals surface area (Å²) in [5.74, 6) is 0.129. The normalized spacial score (nSPS) is 12.5. The summed E-state index contributed by atoms with van der Waals surface area (Å²) in [5.41, 5.74) is 0. The fourth-order valence-corrected chi connectivity index (χ4v) is 1.49. The van der Waals surface area contributed by atoms with Crippen LogP contribution in [-0.2, 0) is 9.53 Å². The molecule has 1 atom stereocenters. The molecule has 0 bridgehead atoms. The fourth-order valence-electron chi connectivity index (χ4n) is 1.26. The van der Waals surface area contributed by atoms with E-state index in [2.05, 4.69) is 12.2 Å². The van der Waals surface area contributed by atoms with E-state index in [1.54, 1.807) is 7.11 Å². The maximum Gasteiger partial charge on any atom is 0.219 e. The zero-order valence-corrected chi connectivity index (χ0v) is 10.5. The number of amides is 1. The molecule has 0 fully saturated rings. The van der Waals surface area contributed by atoms with Gasteiger partial charge < -0.3 is 10.1 Å². The highest BCUT2D eigenvalue weighted by Crippen LogP contribution is 2.02. The minimum Gasteiger partial charge on any atom is -0.383 e. The first-order chi connectivity index (χ1) is 7.20. The summed E-state index contributed by atoms with van der Waals surface area (Å²) in [5, 5.41) is 2.84. The van der Waals surface area contributed by atoms with Crippen LogP contribution in [0.1, 0.15) is 39.0 Å². The average molecular weight is 236 g/mol. The number of unbranched alkanes of at least 4 members (excludes halogenated alkanes) is 2. The Kier molecular flexibility index (Phi) is 10.1. The van der Waals surface area contributed by atoms with E-state index in [0.29, 0.717) is 19.6 Å². The third-order valence-corrected chi connectivity index (χ3v) is 2.48. The van der Waals surface area contributed by atoms with Gasteiger partial charge in [0.1, 0.15) is 0 Å². The van der Waals surface area contributed by atoms with Gasteiger partial charge in [-0.25, -0.2) is 0 Å². The molecule has 0 aromatic heterocycles. The lowest BCUT2D eigenvalue weighted by Gasteiger charge is -2.09. The lowest BCUT2D eigenvalue weighted by Crippen LogP contribution is -2.26. The number of ether oxygens (including phenoxy) is 1. The van der Waals surface area contributed by atoms with Gasteiger partial charge in [0, 0.05) is 20.1 Å². The topological polar surface area (TPSA) is 38.3 Å². The Hall–Kier alpha value is -0.280. The molecule has 0 aliphatic rings. The molecule has 1 amide bonds. The Bertz CT molecular complexity index is 165. The molecule has 0 heterocycles. The van der Waals surface area contributed by atoms with Gasteiger partial charge in [0.05, 0.1) is 12.0 Å². The number of nitrogens with one attached hydrogen (secondary N) is 1. The molecule has 0 aromatic rings. The first-order valence-corrected chi connectivity index (χ1v) is 6.04. The standard InChI is InChI=1S/C11H22ClNO2/c1-3-4-5-6-11(14)13-8-7-10(12)9-15-2/h10H,3-9H2,1-2H3,(H,13,14). The smallest absolute Gasteiger partial charge is 0.219 e. The van der Waals surface area contributed by atoms with Crippen molar-refractivity contribution in [3.63, 3.8) is 0 Å². The van der Waals surface area contributed by atoms with Gasteiger partial charge in [0.2, 0.25) is 5.91 Å². The summed E-state index contributed by atoms with van der Waals surface area (Å²) in [6, 6.07) is 0. The predicted octanol–water partition coefficient (Wildman–Crippen LogP) is 2.33. The first kappa shape index (κ1) is 14.7. The Balaban J connectivity index is 3.30. The van der Waals surface area contributed by atoms with Crippen molar-refractivity contribution < 1.29 is 9.53 Å². The average Bonchev–Trinajstić information content (AvgIpc) is 2.18. The van der Waals surface area contributed by atoms with Gasteiger partial charge in [-0.1, -0.05) is 19.8 Å². The van der Waals surface area contributed by atoms with Crippen molar-refractivity contribution in [2.45, 2.75) is 44.4 Å². The van der Waals surface area contributed by atoms with Gasteiger partial charge >= 0.3 is 0 Å². The maximum atomic E-state index is 11.3. The lowest BCUT2D eigenvalue weighted by atomic mass is 10.2. The van der Waals surface area contributed by atoms with Crippen LogP contribution in [0.5, 0.6) is 0 Å². The Labute approximate surface area is 97.5 Å². The molecule has 0 radical (unpaired) electrons. The van der Waals surface area contributed by atoms with Gasteiger partial charge in [-0.2, -0.15) is 0 Å². The van der Waals surface area contributed by atoms with Crippen molar-refractivity contribution in [2.24, 2.45) is 0 Å². The SMILES string of the molecule is CCCCCC(=O)NCCC(Cl)COC. The lowest BCUT2D eigenvalue weighted by molar-refractivity contribution is -0.121. The molecule has 4 heteroatoms. The monoisotopic (exact) mass is 235 g/mol. The van der Waals surface area contributed by atoms with E-state index in [0.717, 1.165) is 25.7 Å². The van der Waals surface area contributed by atoms with Gasteiger partial charge in [-0.15, -0.1) is 11.6 Å². The molecule has 0 saturated carbocycles. The minimum atomic E-state index is -0.00839. The molecule has 0 spiro atoms. The second kappa shape index (κ2) is 10.2. The molecular weight excluding hydrogens is 214 g/mol. The second-order valence-electron chi connectivity index (χ2n) is 3.65. The number of hydrogen-bond donors (Lipinski definition) is 1. The van der Waals surface area contributed by atoms with Crippen LogP contribution in [0.2, 0.25) is 0 Å². The van der Waals surface area contributed by atoms with Crippen LogP contribution in [0, 0.1) is 0 Å². The number of methoxy groups -OCH3 is 1. The van der Waals surface area contributed by atoms with Crippen molar-refractivity contribution in [1.29, 1.82) is 0 Å². The Morgan fingerprint density at radius 1 is 1.47 bits per heavy atom. The number of carbonyl (C=O) groups is 1. The number of alkyl halides is 1. The maximum absolute atomic E-state index is 11.3. The van der Waals surface area contributed by atoms with Crippen LogP contribution in [0.4, 0.5) is 0 Å². The largest absolute Gasteiger partial charge is 0.383 e. The van der Waals surface area contributed by atoms with Crippen LogP contribution in [0.25, 0.3) is 0 Å². The molecule has 0 rings (SSSR count). The molecule has 0 aliphatic carbocycles. The fraction of sp³-hybridized carbons (Fsp3) is 0.909. The molecule has 1 N–H and O–H groups in total. The van der Waals surface area contributed by atoms with Gasteiger partial charge in [0.25, 0.3) is 0 Å². The van der Waals surface area contributed by atoms with E-state index >= 15 is 0 Å². The summed E-state index contributed by atoms with van der Waals surface area (Å²) >= 11 is 5.91. The molecule has 3 nitrogen and oxygen atoms in total. The Morgan fingerprint density at radius 2 is 2.20 bits per heavy atom. The third kappa shape index (κ3) is 10.0. The first-order valence-electron chi connectivity index (χ1n) is 5.60. The molecule has 15 heavy (non-hydrogen) atoms. The van der Waals surface area contributed by atoms with Crippen molar-refractivity contribution >= 4 is 17.5 Å². The molecule has 0 aromatic carbocycles. The van der Waals surface area contributed by atoms with Crippen LogP contribution < -0.4 is 5.32 Å². The summed E-state index contributed by atoms with van der Waals surface area (Å²) in [6.45, 7) is 3.30. The molecule has 0 saturated heterocycles. The zero-order chi connectivity index (χ0) is 11.5. The van der Waals surface area contributed by atoms with E-state index < -0.39 is 0 Å². The van der Waals surface area contributed by atoms with Gasteiger partial charge in [-0.3, -0.25) is 4.79 Å². The molecule has 0 aliphatic heterocycles. The van der Waals surface area contributed by atoms with Gasteiger partial charge in [-0.05, 0) is 12.8 Å². The van der Waals surface area contributed by atoms with E-state index in [1.807, 2.05) is 0 Å². The van der Waals surface area contributed by atoms with Crippen LogP contribution in [0.15, 0.2) is 0 Å². The van der Waals surface area contributed by atoms with E-state index in [4.69, 9.17) is 16.3 Å². The van der Waals surface area contributed by atoms with Gasteiger partial charge in [0.15, 0.2) is 0 Å². The molecule has 90 valence electrons. The zero-order valence-electron chi connectivity index (χ0n) is 9.72. The van der Waals surface area contributed by atoms with Crippen molar-refractivity contribution in [2.75, 3.05) is 20.3 Å². The van der Waals surface area contributed by atoms with Crippen molar-refractivity contribution in [1.82, 2.24) is 5.32 Å². The summed E-state index contributed by atoms with van der Waals surface area (Å²) in [7, 11) is 1.62. The molecule has 1 unspecified atom stereocenters. The summed E-state index contributed by atoms with van der Waals surface area (Å²) in [4.78, 5) is 11.3. The Morgan fingerprint density at radius 3 is 2.80 bits per heavy atom. The second-order valence-corrected chi connectivity index (χ2v) is 4.27. The number of carbonyl (C=O) groups excluding carboxylic acids is 1. The van der Waals surface area contributed by atoms with Crippen LogP contribution >= 0.6 is 11.6 Å². The van der Waals surface area contributed by atoms with E-state index in [1.165, 1.54) is 0 Å². The van der Waals surface area contributed by atoms with Crippen LogP contribution in [-0.4, -0.2) is 31.5 Å². The number of halogens is 1. The minimum absolute atomic E-state index is 0.00839. The highest BCUT2D eigenvalue weighted by atomic mass is 35.5.